The molecule has 0 unspecified atom stereocenters. The Bertz CT molecular complexity index is 412. The number of esters is 1. The third kappa shape index (κ3) is 9.05. The van der Waals surface area contributed by atoms with Gasteiger partial charge in [-0.3, -0.25) is 9.59 Å². The molecule has 7 nitrogen and oxygen atoms in total. The summed E-state index contributed by atoms with van der Waals surface area (Å²) in [6, 6.07) is 0. The third-order valence-electron chi connectivity index (χ3n) is 2.96. The van der Waals surface area contributed by atoms with Crippen molar-refractivity contribution in [2.75, 3.05) is 39.8 Å². The number of likely N-dealkylation sites (N-methyl/N-ethyl adjacent to an activating group) is 2. The standard InChI is InChI=1S/C16H32N4O3/c1-8-17-15(18-11-14(22)23-16(4,5)6)19(7)12-13(21)20(9-2)10-3/h8-12H2,1-7H3,(H,17,18). The topological polar surface area (TPSA) is 74.2 Å². The summed E-state index contributed by atoms with van der Waals surface area (Å²) >= 11 is 0. The Kier molecular flexibility index (Phi) is 9.29. The lowest BCUT2D eigenvalue weighted by molar-refractivity contribution is -0.152. The zero-order chi connectivity index (χ0) is 18.0. The summed E-state index contributed by atoms with van der Waals surface area (Å²) in [6.45, 7) is 13.4. The first-order valence-corrected chi connectivity index (χ1v) is 8.13. The molecule has 0 aliphatic rings. The molecule has 0 aromatic carbocycles. The first kappa shape index (κ1) is 21.2. The van der Waals surface area contributed by atoms with Gasteiger partial charge in [0.05, 0.1) is 6.54 Å². The number of ether oxygens (including phenoxy) is 1. The van der Waals surface area contributed by atoms with Crippen LogP contribution in [-0.2, 0) is 14.3 Å². The molecular formula is C16H32N4O3. The van der Waals surface area contributed by atoms with Crippen LogP contribution in [0.15, 0.2) is 4.99 Å². The molecule has 23 heavy (non-hydrogen) atoms. The largest absolute Gasteiger partial charge is 0.459 e. The lowest BCUT2D eigenvalue weighted by Crippen LogP contribution is -2.46. The van der Waals surface area contributed by atoms with Crippen molar-refractivity contribution in [2.24, 2.45) is 4.99 Å². The molecule has 0 fully saturated rings. The molecular weight excluding hydrogens is 296 g/mol. The fourth-order valence-corrected chi connectivity index (χ4v) is 1.94. The van der Waals surface area contributed by atoms with Crippen molar-refractivity contribution in [3.63, 3.8) is 0 Å². The first-order chi connectivity index (χ1) is 10.6. The lowest BCUT2D eigenvalue weighted by Gasteiger charge is -2.25. The van der Waals surface area contributed by atoms with Gasteiger partial charge in [-0.2, -0.15) is 0 Å². The number of carbonyl (C=O) groups excluding carboxylic acids is 2. The Morgan fingerprint density at radius 1 is 1.13 bits per heavy atom. The van der Waals surface area contributed by atoms with Crippen molar-refractivity contribution in [3.05, 3.63) is 0 Å². The van der Waals surface area contributed by atoms with Gasteiger partial charge < -0.3 is 19.9 Å². The summed E-state index contributed by atoms with van der Waals surface area (Å²) < 4.78 is 5.23. The summed E-state index contributed by atoms with van der Waals surface area (Å²) in [6.07, 6.45) is 0. The zero-order valence-corrected chi connectivity index (χ0v) is 15.6. The lowest BCUT2D eigenvalue weighted by atomic mass is 10.2. The molecule has 7 heteroatoms. The molecule has 0 saturated heterocycles. The summed E-state index contributed by atoms with van der Waals surface area (Å²) in [4.78, 5) is 31.6. The first-order valence-electron chi connectivity index (χ1n) is 8.13. The highest BCUT2D eigenvalue weighted by Crippen LogP contribution is 2.06. The molecule has 0 aromatic heterocycles. The molecule has 0 spiro atoms. The monoisotopic (exact) mass is 328 g/mol. The number of guanidine groups is 1. The molecule has 134 valence electrons. The van der Waals surface area contributed by atoms with E-state index >= 15 is 0 Å². The number of carbonyl (C=O) groups is 2. The van der Waals surface area contributed by atoms with Gasteiger partial charge in [-0.15, -0.1) is 0 Å². The van der Waals surface area contributed by atoms with Gasteiger partial charge in [0.15, 0.2) is 5.96 Å². The van der Waals surface area contributed by atoms with Gasteiger partial charge in [0.1, 0.15) is 12.1 Å². The fraction of sp³-hybridized carbons (Fsp3) is 0.812. The molecule has 0 heterocycles. The molecule has 0 bridgehead atoms. The Labute approximate surface area is 140 Å². The van der Waals surface area contributed by atoms with E-state index in [0.29, 0.717) is 25.6 Å². The molecule has 1 amide bonds. The molecule has 0 atom stereocenters. The highest BCUT2D eigenvalue weighted by molar-refractivity contribution is 5.87. The van der Waals surface area contributed by atoms with Gasteiger partial charge in [0.25, 0.3) is 0 Å². The minimum absolute atomic E-state index is 0.0281. The highest BCUT2D eigenvalue weighted by atomic mass is 16.6. The second kappa shape index (κ2) is 10.1. The van der Waals surface area contributed by atoms with Gasteiger partial charge in [0.2, 0.25) is 5.91 Å². The molecule has 0 saturated carbocycles. The van der Waals surface area contributed by atoms with Crippen LogP contribution in [0.2, 0.25) is 0 Å². The van der Waals surface area contributed by atoms with Gasteiger partial charge in [-0.1, -0.05) is 0 Å². The van der Waals surface area contributed by atoms with E-state index in [1.165, 1.54) is 0 Å². The van der Waals surface area contributed by atoms with Gasteiger partial charge in [-0.05, 0) is 41.5 Å². The van der Waals surface area contributed by atoms with Crippen LogP contribution in [0.3, 0.4) is 0 Å². The number of nitrogens with one attached hydrogen (secondary N) is 1. The van der Waals surface area contributed by atoms with Gasteiger partial charge >= 0.3 is 5.97 Å². The maximum Gasteiger partial charge on any atom is 0.328 e. The molecule has 0 radical (unpaired) electrons. The van der Waals surface area contributed by atoms with Crippen LogP contribution in [0, 0.1) is 0 Å². The van der Waals surface area contributed by atoms with E-state index in [4.69, 9.17) is 4.74 Å². The van der Waals surface area contributed by atoms with Crippen LogP contribution in [0.4, 0.5) is 0 Å². The highest BCUT2D eigenvalue weighted by Gasteiger charge is 2.18. The molecule has 1 N–H and O–H groups in total. The van der Waals surface area contributed by atoms with Crippen molar-refractivity contribution < 1.29 is 14.3 Å². The number of amides is 1. The van der Waals surface area contributed by atoms with Crippen molar-refractivity contribution in [1.29, 1.82) is 0 Å². The quantitative estimate of drug-likeness (QED) is 0.430. The summed E-state index contributed by atoms with van der Waals surface area (Å²) in [7, 11) is 1.78. The van der Waals surface area contributed by atoms with E-state index in [9.17, 15) is 9.59 Å². The molecule has 0 aliphatic heterocycles. The van der Waals surface area contributed by atoms with E-state index in [1.807, 2.05) is 41.5 Å². The maximum atomic E-state index is 12.2. The smallest absolute Gasteiger partial charge is 0.328 e. The Morgan fingerprint density at radius 3 is 2.13 bits per heavy atom. The van der Waals surface area contributed by atoms with E-state index in [0.717, 1.165) is 0 Å². The van der Waals surface area contributed by atoms with Crippen LogP contribution in [-0.4, -0.2) is 73.0 Å². The Balaban J connectivity index is 4.78. The maximum absolute atomic E-state index is 12.2. The van der Waals surface area contributed by atoms with E-state index in [-0.39, 0.29) is 19.0 Å². The number of hydrogen-bond acceptors (Lipinski definition) is 4. The third-order valence-corrected chi connectivity index (χ3v) is 2.96. The van der Waals surface area contributed by atoms with Crippen molar-refractivity contribution in [3.8, 4) is 0 Å². The van der Waals surface area contributed by atoms with Crippen LogP contribution in [0.5, 0.6) is 0 Å². The van der Waals surface area contributed by atoms with E-state index in [1.54, 1.807) is 16.8 Å². The minimum Gasteiger partial charge on any atom is -0.459 e. The number of hydrogen-bond donors (Lipinski definition) is 1. The molecule has 0 rings (SSSR count). The van der Waals surface area contributed by atoms with Crippen LogP contribution in [0.25, 0.3) is 0 Å². The van der Waals surface area contributed by atoms with Crippen LogP contribution in [0.1, 0.15) is 41.5 Å². The van der Waals surface area contributed by atoms with Crippen molar-refractivity contribution >= 4 is 17.8 Å². The second-order valence-corrected chi connectivity index (χ2v) is 6.18. The van der Waals surface area contributed by atoms with E-state index < -0.39 is 11.6 Å². The summed E-state index contributed by atoms with van der Waals surface area (Å²) in [5.74, 6) is 0.149. The predicted molar refractivity (Wildman–Crippen MR) is 92.4 cm³/mol. The predicted octanol–water partition coefficient (Wildman–Crippen LogP) is 1.09. The summed E-state index contributed by atoms with van der Waals surface area (Å²) in [5, 5.41) is 3.08. The fourth-order valence-electron chi connectivity index (χ4n) is 1.94. The van der Waals surface area contributed by atoms with Crippen molar-refractivity contribution in [2.45, 2.75) is 47.1 Å². The van der Waals surface area contributed by atoms with Crippen molar-refractivity contribution in [1.82, 2.24) is 15.1 Å². The Hall–Kier alpha value is -1.79. The number of nitrogens with zero attached hydrogens (tertiary/aromatic N) is 3. The number of rotatable bonds is 7. The normalized spacial score (nSPS) is 11.9. The zero-order valence-electron chi connectivity index (χ0n) is 15.6. The SMILES string of the molecule is CCNC(=NCC(=O)OC(C)(C)C)N(C)CC(=O)N(CC)CC. The average Bonchev–Trinajstić information content (AvgIpc) is 2.42. The summed E-state index contributed by atoms with van der Waals surface area (Å²) in [5.41, 5.74) is -0.532. The number of aliphatic imine (C=N–C) groups is 1. The van der Waals surface area contributed by atoms with Crippen LogP contribution >= 0.6 is 0 Å². The minimum atomic E-state index is -0.532. The average molecular weight is 328 g/mol. The second-order valence-electron chi connectivity index (χ2n) is 6.18. The molecule has 0 aliphatic carbocycles. The van der Waals surface area contributed by atoms with E-state index in [2.05, 4.69) is 10.3 Å². The van der Waals surface area contributed by atoms with Gasteiger partial charge in [0, 0.05) is 26.7 Å². The van der Waals surface area contributed by atoms with Crippen LogP contribution < -0.4 is 5.32 Å². The Morgan fingerprint density at radius 2 is 1.70 bits per heavy atom. The molecule has 0 aromatic rings. The van der Waals surface area contributed by atoms with Gasteiger partial charge in [-0.25, -0.2) is 4.99 Å².